The Morgan fingerprint density at radius 3 is 2.42 bits per heavy atom. The molecule has 0 spiro atoms. The van der Waals surface area contributed by atoms with Gasteiger partial charge in [-0.15, -0.1) is 12.4 Å². The van der Waals surface area contributed by atoms with Gasteiger partial charge in [-0.25, -0.2) is 4.79 Å². The van der Waals surface area contributed by atoms with E-state index in [-0.39, 0.29) is 42.8 Å². The number of nitrogens with two attached hydrogens (primary N) is 1. The molecular formula is C18H26ClN3O4. The molecule has 1 aliphatic carbocycles. The molecule has 144 valence electrons. The minimum Gasteiger partial charge on any atom is -0.464 e. The topological polar surface area (TPSA) is 111 Å². The highest BCUT2D eigenvalue weighted by Crippen LogP contribution is 2.25. The fourth-order valence-electron chi connectivity index (χ4n) is 2.81. The maximum absolute atomic E-state index is 12.2. The van der Waals surface area contributed by atoms with Crippen molar-refractivity contribution in [1.29, 1.82) is 0 Å². The van der Waals surface area contributed by atoms with Crippen LogP contribution < -0.4 is 16.4 Å². The number of anilines is 1. The Labute approximate surface area is 159 Å². The van der Waals surface area contributed by atoms with Gasteiger partial charge in [-0.3, -0.25) is 9.59 Å². The summed E-state index contributed by atoms with van der Waals surface area (Å²) in [6, 6.07) is 5.90. The summed E-state index contributed by atoms with van der Waals surface area (Å²) in [7, 11) is 0. The Bertz CT molecular complexity index is 636. The lowest BCUT2D eigenvalue weighted by atomic mass is 10.1. The molecule has 1 saturated carbocycles. The van der Waals surface area contributed by atoms with Crippen LogP contribution in [0.2, 0.25) is 0 Å². The minimum absolute atomic E-state index is 0. The van der Waals surface area contributed by atoms with Crippen molar-refractivity contribution in [2.24, 2.45) is 11.7 Å². The molecule has 0 bridgehead atoms. The first kappa shape index (κ1) is 21.9. The van der Waals surface area contributed by atoms with Crippen LogP contribution in [0.15, 0.2) is 24.3 Å². The number of hydrogen-bond acceptors (Lipinski definition) is 5. The molecule has 2 rings (SSSR count). The molecule has 0 heterocycles. The molecule has 2 amide bonds. The van der Waals surface area contributed by atoms with Crippen LogP contribution in [-0.4, -0.2) is 36.5 Å². The second-order valence-corrected chi connectivity index (χ2v) is 6.28. The van der Waals surface area contributed by atoms with E-state index in [1.165, 1.54) is 0 Å². The van der Waals surface area contributed by atoms with Crippen molar-refractivity contribution in [3.8, 4) is 0 Å². The molecule has 0 aliphatic heterocycles. The van der Waals surface area contributed by atoms with Crippen molar-refractivity contribution in [2.75, 3.05) is 11.9 Å². The highest BCUT2D eigenvalue weighted by atomic mass is 35.5. The van der Waals surface area contributed by atoms with Crippen LogP contribution in [0.4, 0.5) is 5.69 Å². The Morgan fingerprint density at radius 2 is 1.88 bits per heavy atom. The second-order valence-electron chi connectivity index (χ2n) is 6.28. The van der Waals surface area contributed by atoms with Crippen LogP contribution in [0.3, 0.4) is 0 Å². The van der Waals surface area contributed by atoms with Gasteiger partial charge in [-0.2, -0.15) is 0 Å². The lowest BCUT2D eigenvalue weighted by molar-refractivity contribution is -0.144. The predicted octanol–water partition coefficient (Wildman–Crippen LogP) is 1.86. The molecule has 1 fully saturated rings. The molecule has 7 nitrogen and oxygen atoms in total. The molecule has 0 radical (unpaired) electrons. The third kappa shape index (κ3) is 6.00. The summed E-state index contributed by atoms with van der Waals surface area (Å²) in [5, 5.41) is 5.42. The molecule has 1 aromatic carbocycles. The number of esters is 1. The first-order chi connectivity index (χ1) is 11.9. The van der Waals surface area contributed by atoms with Gasteiger partial charge in [0, 0.05) is 23.2 Å². The highest BCUT2D eigenvalue weighted by molar-refractivity contribution is 5.98. The van der Waals surface area contributed by atoms with E-state index in [1.807, 2.05) is 0 Å². The van der Waals surface area contributed by atoms with Crippen LogP contribution in [0.1, 0.15) is 43.5 Å². The van der Waals surface area contributed by atoms with Crippen molar-refractivity contribution >= 4 is 35.9 Å². The van der Waals surface area contributed by atoms with Gasteiger partial charge in [-0.05, 0) is 57.4 Å². The number of hydrogen-bond donors (Lipinski definition) is 3. The number of carbonyl (C=O) groups excluding carboxylic acids is 3. The lowest BCUT2D eigenvalue weighted by Gasteiger charge is -2.13. The fraction of sp³-hybridized carbons (Fsp3) is 0.500. The van der Waals surface area contributed by atoms with Gasteiger partial charge in [0.25, 0.3) is 5.91 Å². The molecule has 3 unspecified atom stereocenters. The van der Waals surface area contributed by atoms with Crippen LogP contribution in [-0.2, 0) is 14.3 Å². The average molecular weight is 384 g/mol. The Hall–Kier alpha value is -2.12. The van der Waals surface area contributed by atoms with Crippen LogP contribution in [0.25, 0.3) is 0 Å². The highest BCUT2D eigenvalue weighted by Gasteiger charge is 2.27. The SMILES string of the molecule is CCOC(=O)C(C)NC(=O)c1ccc(NC(=O)C2CCC(N)C2)cc1.Cl. The largest absolute Gasteiger partial charge is 0.464 e. The van der Waals surface area contributed by atoms with Gasteiger partial charge < -0.3 is 21.1 Å². The molecule has 1 aliphatic rings. The van der Waals surface area contributed by atoms with Crippen LogP contribution in [0.5, 0.6) is 0 Å². The Kier molecular flexibility index (Phi) is 8.54. The summed E-state index contributed by atoms with van der Waals surface area (Å²) in [4.78, 5) is 35.8. The summed E-state index contributed by atoms with van der Waals surface area (Å²) in [5.41, 5.74) is 6.86. The zero-order valence-electron chi connectivity index (χ0n) is 15.0. The maximum Gasteiger partial charge on any atom is 0.328 e. The standard InChI is InChI=1S/C18H25N3O4.ClH/c1-3-25-18(24)11(2)20-16(22)12-5-8-15(9-6-12)21-17(23)13-4-7-14(19)10-13;/h5-6,8-9,11,13-14H,3-4,7,10,19H2,1-2H3,(H,20,22)(H,21,23);1H. The van der Waals surface area contributed by atoms with Crippen molar-refractivity contribution in [2.45, 2.75) is 45.2 Å². The number of benzene rings is 1. The zero-order chi connectivity index (χ0) is 18.4. The molecular weight excluding hydrogens is 358 g/mol. The number of halogens is 1. The molecule has 4 N–H and O–H groups in total. The normalized spacial score (nSPS) is 19.8. The van der Waals surface area contributed by atoms with E-state index in [0.717, 1.165) is 12.8 Å². The summed E-state index contributed by atoms with van der Waals surface area (Å²) in [5.74, 6) is -0.945. The molecule has 3 atom stereocenters. The van der Waals surface area contributed by atoms with Gasteiger partial charge in [0.1, 0.15) is 6.04 Å². The minimum atomic E-state index is -0.724. The lowest BCUT2D eigenvalue weighted by Crippen LogP contribution is -2.39. The number of rotatable bonds is 6. The van der Waals surface area contributed by atoms with E-state index in [0.29, 0.717) is 17.7 Å². The monoisotopic (exact) mass is 383 g/mol. The third-order valence-electron chi connectivity index (χ3n) is 4.25. The number of ether oxygens (including phenoxy) is 1. The summed E-state index contributed by atoms with van der Waals surface area (Å²) < 4.78 is 4.85. The maximum atomic E-state index is 12.2. The van der Waals surface area contributed by atoms with E-state index in [2.05, 4.69) is 10.6 Å². The van der Waals surface area contributed by atoms with Crippen molar-refractivity contribution in [1.82, 2.24) is 5.32 Å². The summed E-state index contributed by atoms with van der Waals surface area (Å²) in [6.07, 6.45) is 2.38. The van der Waals surface area contributed by atoms with E-state index in [1.54, 1.807) is 38.1 Å². The average Bonchev–Trinajstić information content (AvgIpc) is 3.02. The van der Waals surface area contributed by atoms with Gasteiger partial charge >= 0.3 is 5.97 Å². The van der Waals surface area contributed by atoms with Crippen molar-refractivity contribution in [3.63, 3.8) is 0 Å². The molecule has 26 heavy (non-hydrogen) atoms. The quantitative estimate of drug-likeness (QED) is 0.649. The van der Waals surface area contributed by atoms with Gasteiger partial charge in [0.15, 0.2) is 0 Å². The molecule has 0 saturated heterocycles. The van der Waals surface area contributed by atoms with Gasteiger partial charge in [0.2, 0.25) is 5.91 Å². The van der Waals surface area contributed by atoms with E-state index >= 15 is 0 Å². The number of amides is 2. The van der Waals surface area contributed by atoms with E-state index in [9.17, 15) is 14.4 Å². The first-order valence-corrected chi connectivity index (χ1v) is 8.54. The fourth-order valence-corrected chi connectivity index (χ4v) is 2.81. The Morgan fingerprint density at radius 1 is 1.23 bits per heavy atom. The first-order valence-electron chi connectivity index (χ1n) is 8.54. The third-order valence-corrected chi connectivity index (χ3v) is 4.25. The van der Waals surface area contributed by atoms with Crippen molar-refractivity contribution < 1.29 is 19.1 Å². The molecule has 8 heteroatoms. The molecule has 0 aromatic heterocycles. The smallest absolute Gasteiger partial charge is 0.328 e. The zero-order valence-corrected chi connectivity index (χ0v) is 15.8. The molecule has 1 aromatic rings. The van der Waals surface area contributed by atoms with E-state index in [4.69, 9.17) is 10.5 Å². The van der Waals surface area contributed by atoms with Crippen LogP contribution >= 0.6 is 12.4 Å². The van der Waals surface area contributed by atoms with Crippen molar-refractivity contribution in [3.05, 3.63) is 29.8 Å². The van der Waals surface area contributed by atoms with Gasteiger partial charge in [-0.1, -0.05) is 0 Å². The van der Waals surface area contributed by atoms with Gasteiger partial charge in [0.05, 0.1) is 6.61 Å². The second kappa shape index (κ2) is 10.1. The summed E-state index contributed by atoms with van der Waals surface area (Å²) >= 11 is 0. The number of carbonyl (C=O) groups is 3. The van der Waals surface area contributed by atoms with E-state index < -0.39 is 12.0 Å². The van der Waals surface area contributed by atoms with Crippen LogP contribution in [0, 0.1) is 5.92 Å². The summed E-state index contributed by atoms with van der Waals surface area (Å²) in [6.45, 7) is 3.54. The Balaban J connectivity index is 0.00000338. The predicted molar refractivity (Wildman–Crippen MR) is 101 cm³/mol. The number of nitrogens with one attached hydrogen (secondary N) is 2.